The predicted octanol–water partition coefficient (Wildman–Crippen LogP) is 2.91. The van der Waals surface area contributed by atoms with Crippen LogP contribution < -0.4 is 15.0 Å². The van der Waals surface area contributed by atoms with Crippen molar-refractivity contribution in [2.45, 2.75) is 33.7 Å². The standard InChI is InChI=1S/C16H26N2O/c1-5-19-14-8-6-7-13(11-14)18-10-9-17-15(12-18)16(2,3)4/h6-8,11,15,17H,5,9-10,12H2,1-4H3. The van der Waals surface area contributed by atoms with Crippen LogP contribution in [-0.4, -0.2) is 32.3 Å². The SMILES string of the molecule is CCOc1cccc(N2CCNC(C(C)(C)C)C2)c1. The van der Waals surface area contributed by atoms with E-state index in [1.54, 1.807) is 0 Å². The van der Waals surface area contributed by atoms with Crippen molar-refractivity contribution in [1.82, 2.24) is 5.32 Å². The third-order valence-corrected chi connectivity index (χ3v) is 3.71. The highest BCUT2D eigenvalue weighted by molar-refractivity contribution is 5.51. The molecule has 0 amide bonds. The molecule has 1 unspecified atom stereocenters. The lowest BCUT2D eigenvalue weighted by Gasteiger charge is -2.41. The minimum atomic E-state index is 0.288. The topological polar surface area (TPSA) is 24.5 Å². The summed E-state index contributed by atoms with van der Waals surface area (Å²) < 4.78 is 5.59. The van der Waals surface area contributed by atoms with Gasteiger partial charge in [0, 0.05) is 37.4 Å². The Morgan fingerprint density at radius 2 is 2.16 bits per heavy atom. The zero-order chi connectivity index (χ0) is 13.9. The Hall–Kier alpha value is -1.22. The summed E-state index contributed by atoms with van der Waals surface area (Å²) in [5.41, 5.74) is 1.55. The average molecular weight is 262 g/mol. The van der Waals surface area contributed by atoms with Crippen LogP contribution >= 0.6 is 0 Å². The monoisotopic (exact) mass is 262 g/mol. The van der Waals surface area contributed by atoms with Crippen molar-refractivity contribution in [1.29, 1.82) is 0 Å². The molecule has 0 radical (unpaired) electrons. The first-order valence-electron chi connectivity index (χ1n) is 7.22. The number of piperazine rings is 1. The summed E-state index contributed by atoms with van der Waals surface area (Å²) in [4.78, 5) is 2.45. The van der Waals surface area contributed by atoms with Gasteiger partial charge in [0.2, 0.25) is 0 Å². The van der Waals surface area contributed by atoms with Gasteiger partial charge in [-0.25, -0.2) is 0 Å². The van der Waals surface area contributed by atoms with Crippen LogP contribution in [0.15, 0.2) is 24.3 Å². The fraction of sp³-hybridized carbons (Fsp3) is 0.625. The Balaban J connectivity index is 2.10. The zero-order valence-electron chi connectivity index (χ0n) is 12.6. The highest BCUT2D eigenvalue weighted by atomic mass is 16.5. The first-order chi connectivity index (χ1) is 9.00. The van der Waals surface area contributed by atoms with E-state index in [0.29, 0.717) is 6.04 Å². The highest BCUT2D eigenvalue weighted by Crippen LogP contribution is 2.26. The van der Waals surface area contributed by atoms with Gasteiger partial charge in [0.25, 0.3) is 0 Å². The second-order valence-corrected chi connectivity index (χ2v) is 6.25. The maximum atomic E-state index is 5.59. The molecule has 0 aromatic heterocycles. The minimum Gasteiger partial charge on any atom is -0.494 e. The number of hydrogen-bond donors (Lipinski definition) is 1. The molecule has 1 heterocycles. The van der Waals surface area contributed by atoms with Crippen LogP contribution in [0.4, 0.5) is 5.69 Å². The molecule has 3 nitrogen and oxygen atoms in total. The molecule has 1 aliphatic heterocycles. The van der Waals surface area contributed by atoms with Crippen LogP contribution in [0.2, 0.25) is 0 Å². The number of nitrogens with one attached hydrogen (secondary N) is 1. The highest BCUT2D eigenvalue weighted by Gasteiger charge is 2.29. The Kier molecular flexibility index (Phi) is 4.35. The molecule has 0 saturated carbocycles. The summed E-state index contributed by atoms with van der Waals surface area (Å²) in [7, 11) is 0. The van der Waals surface area contributed by atoms with Gasteiger partial charge in [-0.3, -0.25) is 0 Å². The van der Waals surface area contributed by atoms with Crippen LogP contribution in [0.1, 0.15) is 27.7 Å². The fourth-order valence-corrected chi connectivity index (χ4v) is 2.50. The molecule has 19 heavy (non-hydrogen) atoms. The van der Waals surface area contributed by atoms with E-state index >= 15 is 0 Å². The summed E-state index contributed by atoms with van der Waals surface area (Å²) in [5.74, 6) is 0.964. The Labute approximate surface area is 116 Å². The van der Waals surface area contributed by atoms with Crippen LogP contribution in [0.5, 0.6) is 5.75 Å². The summed E-state index contributed by atoms with van der Waals surface area (Å²) >= 11 is 0. The predicted molar refractivity (Wildman–Crippen MR) is 81.1 cm³/mol. The van der Waals surface area contributed by atoms with Gasteiger partial charge in [0.15, 0.2) is 0 Å². The Morgan fingerprint density at radius 1 is 1.37 bits per heavy atom. The van der Waals surface area contributed by atoms with Gasteiger partial charge < -0.3 is 15.0 Å². The molecule has 1 N–H and O–H groups in total. The average Bonchev–Trinajstić information content (AvgIpc) is 2.39. The second-order valence-electron chi connectivity index (χ2n) is 6.25. The smallest absolute Gasteiger partial charge is 0.121 e. The third kappa shape index (κ3) is 3.63. The van der Waals surface area contributed by atoms with Crippen molar-refractivity contribution < 1.29 is 4.74 Å². The van der Waals surface area contributed by atoms with Gasteiger partial charge in [-0.2, -0.15) is 0 Å². The van der Waals surface area contributed by atoms with Crippen molar-refractivity contribution in [3.8, 4) is 5.75 Å². The van der Waals surface area contributed by atoms with Crippen LogP contribution in [-0.2, 0) is 0 Å². The number of nitrogens with zero attached hydrogens (tertiary/aromatic N) is 1. The van der Waals surface area contributed by atoms with Crippen LogP contribution in [0.3, 0.4) is 0 Å². The molecule has 1 atom stereocenters. The molecule has 2 rings (SSSR count). The van der Waals surface area contributed by atoms with E-state index in [2.05, 4.69) is 49.2 Å². The third-order valence-electron chi connectivity index (χ3n) is 3.71. The first kappa shape index (κ1) is 14.2. The van der Waals surface area contributed by atoms with Crippen LogP contribution in [0.25, 0.3) is 0 Å². The van der Waals surface area contributed by atoms with E-state index in [-0.39, 0.29) is 5.41 Å². The number of benzene rings is 1. The van der Waals surface area contributed by atoms with Crippen LogP contribution in [0, 0.1) is 5.41 Å². The van der Waals surface area contributed by atoms with Gasteiger partial charge in [-0.1, -0.05) is 26.8 Å². The van der Waals surface area contributed by atoms with Gasteiger partial charge >= 0.3 is 0 Å². The quantitative estimate of drug-likeness (QED) is 0.906. The Morgan fingerprint density at radius 3 is 2.84 bits per heavy atom. The van der Waals surface area contributed by atoms with Crippen molar-refractivity contribution in [3.05, 3.63) is 24.3 Å². The molecular formula is C16H26N2O. The summed E-state index contributed by atoms with van der Waals surface area (Å²) in [6, 6.07) is 8.95. The van der Waals surface area contributed by atoms with Crippen molar-refractivity contribution in [2.24, 2.45) is 5.41 Å². The van der Waals surface area contributed by atoms with Gasteiger partial charge in [0.05, 0.1) is 6.61 Å². The zero-order valence-corrected chi connectivity index (χ0v) is 12.6. The van der Waals surface area contributed by atoms with E-state index in [1.807, 2.05) is 13.0 Å². The molecule has 1 aromatic carbocycles. The summed E-state index contributed by atoms with van der Waals surface area (Å²) in [6.07, 6.45) is 0. The lowest BCUT2D eigenvalue weighted by molar-refractivity contribution is 0.254. The number of ether oxygens (including phenoxy) is 1. The first-order valence-corrected chi connectivity index (χ1v) is 7.22. The molecule has 0 spiro atoms. The van der Waals surface area contributed by atoms with Gasteiger partial charge in [-0.05, 0) is 24.5 Å². The lowest BCUT2D eigenvalue weighted by Crippen LogP contribution is -2.56. The second kappa shape index (κ2) is 5.83. The lowest BCUT2D eigenvalue weighted by atomic mass is 9.85. The molecule has 1 aliphatic rings. The van der Waals surface area contributed by atoms with E-state index in [9.17, 15) is 0 Å². The maximum absolute atomic E-state index is 5.59. The molecular weight excluding hydrogens is 236 g/mol. The van der Waals surface area contributed by atoms with Crippen molar-refractivity contribution >= 4 is 5.69 Å². The summed E-state index contributed by atoms with van der Waals surface area (Å²) in [5, 5.41) is 3.63. The molecule has 0 bridgehead atoms. The molecule has 1 saturated heterocycles. The van der Waals surface area contributed by atoms with Crippen molar-refractivity contribution in [2.75, 3.05) is 31.1 Å². The van der Waals surface area contributed by atoms with E-state index < -0.39 is 0 Å². The molecule has 3 heteroatoms. The van der Waals surface area contributed by atoms with Gasteiger partial charge in [0.1, 0.15) is 5.75 Å². The normalized spacial score (nSPS) is 20.4. The fourth-order valence-electron chi connectivity index (χ4n) is 2.50. The maximum Gasteiger partial charge on any atom is 0.121 e. The Bertz CT molecular complexity index is 411. The van der Waals surface area contributed by atoms with Crippen molar-refractivity contribution in [3.63, 3.8) is 0 Å². The van der Waals surface area contributed by atoms with E-state index in [0.717, 1.165) is 32.0 Å². The number of hydrogen-bond acceptors (Lipinski definition) is 3. The molecule has 106 valence electrons. The summed E-state index contributed by atoms with van der Waals surface area (Å²) in [6.45, 7) is 12.8. The largest absolute Gasteiger partial charge is 0.494 e. The van der Waals surface area contributed by atoms with E-state index in [1.165, 1.54) is 5.69 Å². The molecule has 1 aromatic rings. The van der Waals surface area contributed by atoms with Gasteiger partial charge in [-0.15, -0.1) is 0 Å². The number of rotatable bonds is 3. The molecule has 1 fully saturated rings. The minimum absolute atomic E-state index is 0.288. The number of anilines is 1. The molecule has 0 aliphatic carbocycles. The van der Waals surface area contributed by atoms with E-state index in [4.69, 9.17) is 4.74 Å².